The molecule has 1 aromatic heterocycles. The number of nitrogens with zero attached hydrogens (tertiary/aromatic N) is 1. The zero-order valence-electron chi connectivity index (χ0n) is 8.63. The van der Waals surface area contributed by atoms with Gasteiger partial charge in [-0.3, -0.25) is 0 Å². The standard InChI is InChI=1S/C10H18N2O/c1-4-8(2)6-11-7-10-5-9(3)12-13-10/h5,8,11H,4,6-7H2,1-3H3. The Bertz CT molecular complexity index is 245. The molecule has 0 saturated heterocycles. The lowest BCUT2D eigenvalue weighted by Gasteiger charge is -2.07. The van der Waals surface area contributed by atoms with Crippen LogP contribution in [0.2, 0.25) is 0 Å². The topological polar surface area (TPSA) is 38.1 Å². The molecular weight excluding hydrogens is 164 g/mol. The van der Waals surface area contributed by atoms with Gasteiger partial charge in [0.15, 0.2) is 5.76 Å². The van der Waals surface area contributed by atoms with Gasteiger partial charge in [0.25, 0.3) is 0 Å². The Labute approximate surface area is 79.5 Å². The van der Waals surface area contributed by atoms with Crippen molar-refractivity contribution in [3.8, 4) is 0 Å². The van der Waals surface area contributed by atoms with Crippen molar-refractivity contribution in [1.29, 1.82) is 0 Å². The van der Waals surface area contributed by atoms with E-state index >= 15 is 0 Å². The van der Waals surface area contributed by atoms with Gasteiger partial charge in [-0.15, -0.1) is 0 Å². The smallest absolute Gasteiger partial charge is 0.150 e. The summed E-state index contributed by atoms with van der Waals surface area (Å²) in [6.07, 6.45) is 1.21. The van der Waals surface area contributed by atoms with Crippen LogP contribution in [0.4, 0.5) is 0 Å². The van der Waals surface area contributed by atoms with Crippen LogP contribution in [0.25, 0.3) is 0 Å². The van der Waals surface area contributed by atoms with Crippen molar-refractivity contribution in [3.63, 3.8) is 0 Å². The van der Waals surface area contributed by atoms with E-state index in [4.69, 9.17) is 4.52 Å². The Kier molecular flexibility index (Phi) is 3.96. The number of hydrogen-bond donors (Lipinski definition) is 1. The van der Waals surface area contributed by atoms with Crippen molar-refractivity contribution in [2.45, 2.75) is 33.7 Å². The van der Waals surface area contributed by atoms with Crippen LogP contribution in [0.1, 0.15) is 31.7 Å². The lowest BCUT2D eigenvalue weighted by atomic mass is 10.1. The Balaban J connectivity index is 2.20. The molecule has 0 amide bonds. The van der Waals surface area contributed by atoms with Gasteiger partial charge in [-0.2, -0.15) is 0 Å². The highest BCUT2D eigenvalue weighted by molar-refractivity contribution is 5.02. The largest absolute Gasteiger partial charge is 0.360 e. The molecule has 3 nitrogen and oxygen atoms in total. The van der Waals surface area contributed by atoms with E-state index in [2.05, 4.69) is 24.3 Å². The molecule has 0 aromatic carbocycles. The van der Waals surface area contributed by atoms with Crippen LogP contribution in [-0.4, -0.2) is 11.7 Å². The molecule has 0 aliphatic heterocycles. The predicted octanol–water partition coefficient (Wildman–Crippen LogP) is 2.12. The average molecular weight is 182 g/mol. The van der Waals surface area contributed by atoms with Crippen LogP contribution in [-0.2, 0) is 6.54 Å². The third kappa shape index (κ3) is 3.59. The second-order valence-corrected chi connectivity index (χ2v) is 3.58. The second-order valence-electron chi connectivity index (χ2n) is 3.58. The van der Waals surface area contributed by atoms with Gasteiger partial charge in [0, 0.05) is 6.07 Å². The van der Waals surface area contributed by atoms with E-state index in [-0.39, 0.29) is 0 Å². The molecule has 1 unspecified atom stereocenters. The first-order valence-electron chi connectivity index (χ1n) is 4.85. The van der Waals surface area contributed by atoms with Crippen LogP contribution < -0.4 is 5.32 Å². The summed E-state index contributed by atoms with van der Waals surface area (Å²) in [6.45, 7) is 8.19. The SMILES string of the molecule is CCC(C)CNCc1cc(C)no1. The van der Waals surface area contributed by atoms with Crippen LogP contribution in [0, 0.1) is 12.8 Å². The highest BCUT2D eigenvalue weighted by Crippen LogP contribution is 2.02. The molecule has 0 saturated carbocycles. The first-order valence-corrected chi connectivity index (χ1v) is 4.85. The Morgan fingerprint density at radius 2 is 2.38 bits per heavy atom. The van der Waals surface area contributed by atoms with Gasteiger partial charge in [-0.25, -0.2) is 0 Å². The molecule has 0 spiro atoms. The zero-order chi connectivity index (χ0) is 9.68. The molecule has 1 atom stereocenters. The molecule has 0 fully saturated rings. The Morgan fingerprint density at radius 1 is 1.62 bits per heavy atom. The first-order chi connectivity index (χ1) is 6.22. The van der Waals surface area contributed by atoms with Crippen LogP contribution in [0.15, 0.2) is 10.6 Å². The Hall–Kier alpha value is -0.830. The maximum Gasteiger partial charge on any atom is 0.150 e. The summed E-state index contributed by atoms with van der Waals surface area (Å²) >= 11 is 0. The van der Waals surface area contributed by atoms with Gasteiger partial charge in [-0.1, -0.05) is 25.4 Å². The Morgan fingerprint density at radius 3 is 2.92 bits per heavy atom. The molecule has 1 N–H and O–H groups in total. The van der Waals surface area contributed by atoms with Gasteiger partial charge in [0.2, 0.25) is 0 Å². The summed E-state index contributed by atoms with van der Waals surface area (Å²) in [5.41, 5.74) is 0.945. The molecule has 0 radical (unpaired) electrons. The van der Waals surface area contributed by atoms with E-state index in [9.17, 15) is 0 Å². The molecule has 0 bridgehead atoms. The van der Waals surface area contributed by atoms with E-state index in [0.717, 1.165) is 30.5 Å². The van der Waals surface area contributed by atoms with E-state index < -0.39 is 0 Å². The van der Waals surface area contributed by atoms with Crippen molar-refractivity contribution in [2.75, 3.05) is 6.54 Å². The summed E-state index contributed by atoms with van der Waals surface area (Å²) in [6, 6.07) is 1.96. The van der Waals surface area contributed by atoms with Gasteiger partial charge >= 0.3 is 0 Å². The number of hydrogen-bond acceptors (Lipinski definition) is 3. The molecule has 0 aliphatic rings. The molecule has 13 heavy (non-hydrogen) atoms. The minimum atomic E-state index is 0.726. The zero-order valence-corrected chi connectivity index (χ0v) is 8.63. The van der Waals surface area contributed by atoms with E-state index in [1.165, 1.54) is 6.42 Å². The minimum Gasteiger partial charge on any atom is -0.360 e. The van der Waals surface area contributed by atoms with Crippen molar-refractivity contribution in [3.05, 3.63) is 17.5 Å². The summed E-state index contributed by atoms with van der Waals surface area (Å²) in [7, 11) is 0. The predicted molar refractivity (Wildman–Crippen MR) is 52.4 cm³/mol. The maximum atomic E-state index is 5.07. The van der Waals surface area contributed by atoms with Gasteiger partial charge < -0.3 is 9.84 Å². The molecule has 74 valence electrons. The summed E-state index contributed by atoms with van der Waals surface area (Å²) in [4.78, 5) is 0. The minimum absolute atomic E-state index is 0.726. The van der Waals surface area contributed by atoms with Crippen LogP contribution in [0.5, 0.6) is 0 Å². The highest BCUT2D eigenvalue weighted by atomic mass is 16.5. The summed E-state index contributed by atoms with van der Waals surface area (Å²) in [5, 5.41) is 7.15. The molecule has 0 aliphatic carbocycles. The molecule has 1 aromatic rings. The molecule has 1 heterocycles. The molecule has 3 heteroatoms. The summed E-state index contributed by atoms with van der Waals surface area (Å²) < 4.78 is 5.07. The molecule has 1 rings (SSSR count). The maximum absolute atomic E-state index is 5.07. The van der Waals surface area contributed by atoms with Crippen molar-refractivity contribution < 1.29 is 4.52 Å². The van der Waals surface area contributed by atoms with Crippen LogP contribution >= 0.6 is 0 Å². The van der Waals surface area contributed by atoms with Crippen molar-refractivity contribution in [2.24, 2.45) is 5.92 Å². The van der Waals surface area contributed by atoms with Gasteiger partial charge in [-0.05, 0) is 19.4 Å². The van der Waals surface area contributed by atoms with Gasteiger partial charge in [0.1, 0.15) is 0 Å². The highest BCUT2D eigenvalue weighted by Gasteiger charge is 2.01. The first kappa shape index (κ1) is 10.3. The average Bonchev–Trinajstić information content (AvgIpc) is 2.51. The van der Waals surface area contributed by atoms with Crippen LogP contribution in [0.3, 0.4) is 0 Å². The number of rotatable bonds is 5. The fraction of sp³-hybridized carbons (Fsp3) is 0.700. The fourth-order valence-corrected chi connectivity index (χ4v) is 1.09. The monoisotopic (exact) mass is 182 g/mol. The van der Waals surface area contributed by atoms with Crippen molar-refractivity contribution in [1.82, 2.24) is 10.5 Å². The quantitative estimate of drug-likeness (QED) is 0.758. The summed E-state index contributed by atoms with van der Waals surface area (Å²) in [5.74, 6) is 1.64. The lowest BCUT2D eigenvalue weighted by molar-refractivity contribution is 0.363. The third-order valence-corrected chi connectivity index (χ3v) is 2.17. The van der Waals surface area contributed by atoms with E-state index in [1.54, 1.807) is 0 Å². The number of nitrogens with one attached hydrogen (secondary N) is 1. The normalized spacial score (nSPS) is 13.2. The second kappa shape index (κ2) is 5.02. The van der Waals surface area contributed by atoms with E-state index in [0.29, 0.717) is 0 Å². The van der Waals surface area contributed by atoms with Crippen molar-refractivity contribution >= 4 is 0 Å². The van der Waals surface area contributed by atoms with Gasteiger partial charge in [0.05, 0.1) is 12.2 Å². The fourth-order valence-electron chi connectivity index (χ4n) is 1.09. The van der Waals surface area contributed by atoms with E-state index in [1.807, 2.05) is 13.0 Å². The lowest BCUT2D eigenvalue weighted by Crippen LogP contribution is -2.19. The number of aryl methyl sites for hydroxylation is 1. The third-order valence-electron chi connectivity index (χ3n) is 2.17. The number of aromatic nitrogens is 1. The molecular formula is C10H18N2O.